The van der Waals surface area contributed by atoms with E-state index in [2.05, 4.69) is 16.5 Å². The van der Waals surface area contributed by atoms with E-state index in [9.17, 15) is 12.8 Å². The van der Waals surface area contributed by atoms with Crippen LogP contribution in [0.25, 0.3) is 0 Å². The molecule has 0 radical (unpaired) electrons. The molecule has 1 aliphatic rings. The molecule has 140 valence electrons. The Morgan fingerprint density at radius 1 is 1.23 bits per heavy atom. The Bertz CT molecular complexity index is 929. The molecule has 0 aromatic heterocycles. The second-order valence-electron chi connectivity index (χ2n) is 6.46. The Morgan fingerprint density at radius 3 is 2.69 bits per heavy atom. The molecule has 0 unspecified atom stereocenters. The van der Waals surface area contributed by atoms with Crippen molar-refractivity contribution in [1.82, 2.24) is 4.90 Å². The van der Waals surface area contributed by atoms with Crippen LogP contribution in [0.15, 0.2) is 35.2 Å². The molecule has 2 aromatic carbocycles. The molecule has 0 atom stereocenters. The molecule has 0 amide bonds. The number of anilines is 1. The summed E-state index contributed by atoms with van der Waals surface area (Å²) in [7, 11) is -2.56. The van der Waals surface area contributed by atoms with Crippen LogP contribution in [0.4, 0.5) is 10.1 Å². The predicted octanol–water partition coefficient (Wildman–Crippen LogP) is 3.67. The lowest BCUT2D eigenvalue weighted by Gasteiger charge is -2.15. The van der Waals surface area contributed by atoms with Crippen LogP contribution in [-0.2, 0) is 23.1 Å². The molecule has 1 aliphatic heterocycles. The molecule has 1 N–H and O–H groups in total. The minimum absolute atomic E-state index is 0.0252. The number of hydrogen-bond acceptors (Lipinski definition) is 4. The predicted molar refractivity (Wildman–Crippen MR) is 99.3 cm³/mol. The van der Waals surface area contributed by atoms with Crippen molar-refractivity contribution >= 4 is 15.7 Å². The van der Waals surface area contributed by atoms with Crippen LogP contribution in [0.2, 0.25) is 0 Å². The number of hydrogen-bond donors (Lipinski definition) is 1. The van der Waals surface area contributed by atoms with E-state index >= 15 is 0 Å². The van der Waals surface area contributed by atoms with Crippen molar-refractivity contribution in [2.24, 2.45) is 0 Å². The van der Waals surface area contributed by atoms with Crippen molar-refractivity contribution in [3.05, 3.63) is 52.8 Å². The van der Waals surface area contributed by atoms with Gasteiger partial charge >= 0.3 is 0 Å². The second kappa shape index (κ2) is 7.25. The molecule has 26 heavy (non-hydrogen) atoms. The van der Waals surface area contributed by atoms with Gasteiger partial charge in [-0.2, -0.15) is 0 Å². The normalized spacial score (nSPS) is 14.3. The van der Waals surface area contributed by atoms with E-state index in [4.69, 9.17) is 4.74 Å². The molecule has 7 heteroatoms. The molecule has 5 nitrogen and oxygen atoms in total. The zero-order valence-electron chi connectivity index (χ0n) is 15.2. The van der Waals surface area contributed by atoms with Crippen molar-refractivity contribution in [1.29, 1.82) is 0 Å². The summed E-state index contributed by atoms with van der Waals surface area (Å²) in [4.78, 5) is 2.19. The molecule has 1 heterocycles. The highest BCUT2D eigenvalue weighted by Gasteiger charge is 2.25. The lowest BCUT2D eigenvalue weighted by atomic mass is 10.1. The first kappa shape index (κ1) is 18.7. The number of nitrogens with one attached hydrogen (secondary N) is 1. The van der Waals surface area contributed by atoms with Gasteiger partial charge < -0.3 is 4.74 Å². The number of methoxy groups -OCH3 is 1. The minimum Gasteiger partial charge on any atom is -0.494 e. The highest BCUT2D eigenvalue weighted by Crippen LogP contribution is 2.32. The van der Waals surface area contributed by atoms with Gasteiger partial charge in [0.2, 0.25) is 0 Å². The third kappa shape index (κ3) is 3.41. The van der Waals surface area contributed by atoms with Gasteiger partial charge in [0, 0.05) is 18.7 Å². The molecular formula is C19H23FN2O3S. The van der Waals surface area contributed by atoms with Crippen molar-refractivity contribution < 1.29 is 17.5 Å². The van der Waals surface area contributed by atoms with Crippen LogP contribution in [0, 0.1) is 12.7 Å². The largest absolute Gasteiger partial charge is 0.494 e. The number of ether oxygens (including phenoxy) is 1. The molecule has 0 bridgehead atoms. The van der Waals surface area contributed by atoms with Crippen molar-refractivity contribution in [3.8, 4) is 5.75 Å². The maximum absolute atomic E-state index is 14.3. The van der Waals surface area contributed by atoms with E-state index in [1.807, 2.05) is 12.1 Å². The zero-order chi connectivity index (χ0) is 18.9. The van der Waals surface area contributed by atoms with Crippen molar-refractivity contribution in [3.63, 3.8) is 0 Å². The summed E-state index contributed by atoms with van der Waals surface area (Å²) in [5, 5.41) is 0. The number of nitrogens with zero attached hydrogens (tertiary/aromatic N) is 1. The smallest absolute Gasteiger partial charge is 0.262 e. The summed E-state index contributed by atoms with van der Waals surface area (Å²) < 4.78 is 47.5. The summed E-state index contributed by atoms with van der Waals surface area (Å²) in [5.41, 5.74) is 2.70. The Labute approximate surface area is 153 Å². The maximum Gasteiger partial charge on any atom is 0.262 e. The van der Waals surface area contributed by atoms with Gasteiger partial charge in [-0.25, -0.2) is 12.8 Å². The summed E-state index contributed by atoms with van der Waals surface area (Å²) in [6, 6.07) is 8.30. The first-order valence-electron chi connectivity index (χ1n) is 8.56. The second-order valence-corrected chi connectivity index (χ2v) is 8.12. The van der Waals surface area contributed by atoms with E-state index in [1.165, 1.54) is 26.2 Å². The summed E-state index contributed by atoms with van der Waals surface area (Å²) in [5.74, 6) is -0.639. The van der Waals surface area contributed by atoms with Gasteiger partial charge in [-0.15, -0.1) is 0 Å². The zero-order valence-corrected chi connectivity index (χ0v) is 16.0. The maximum atomic E-state index is 14.3. The fourth-order valence-corrected chi connectivity index (χ4v) is 4.68. The van der Waals surface area contributed by atoms with Crippen LogP contribution in [0.1, 0.15) is 30.0 Å². The van der Waals surface area contributed by atoms with E-state index in [0.717, 1.165) is 30.6 Å². The highest BCUT2D eigenvalue weighted by molar-refractivity contribution is 7.92. The van der Waals surface area contributed by atoms with E-state index in [1.54, 1.807) is 6.07 Å². The molecule has 2 aromatic rings. The van der Waals surface area contributed by atoms with Gasteiger partial charge in [0.15, 0.2) is 11.6 Å². The topological polar surface area (TPSA) is 58.6 Å². The van der Waals surface area contributed by atoms with Gasteiger partial charge in [0.1, 0.15) is 0 Å². The number of sulfonamides is 1. The number of benzene rings is 2. The van der Waals surface area contributed by atoms with Gasteiger partial charge in [0.25, 0.3) is 10.0 Å². The summed E-state index contributed by atoms with van der Waals surface area (Å²) >= 11 is 0. The fraction of sp³-hybridized carbons (Fsp3) is 0.368. The summed E-state index contributed by atoms with van der Waals surface area (Å²) in [6.45, 7) is 6.04. The Balaban J connectivity index is 1.93. The Hall–Kier alpha value is -2.12. The first-order valence-corrected chi connectivity index (χ1v) is 10.0. The van der Waals surface area contributed by atoms with Crippen molar-refractivity contribution in [2.45, 2.75) is 38.3 Å². The monoisotopic (exact) mass is 378 g/mol. The van der Waals surface area contributed by atoms with Gasteiger partial charge in [-0.05, 0) is 49.2 Å². The van der Waals surface area contributed by atoms with Crippen LogP contribution >= 0.6 is 0 Å². The Kier molecular flexibility index (Phi) is 5.20. The summed E-state index contributed by atoms with van der Waals surface area (Å²) in [6.07, 6.45) is 1.04. The van der Waals surface area contributed by atoms with Gasteiger partial charge in [-0.3, -0.25) is 9.62 Å². The highest BCUT2D eigenvalue weighted by atomic mass is 32.2. The molecule has 0 fully saturated rings. The van der Waals surface area contributed by atoms with Crippen molar-refractivity contribution in [2.75, 3.05) is 18.4 Å². The molecule has 0 spiro atoms. The van der Waals surface area contributed by atoms with Crippen LogP contribution in [0.5, 0.6) is 5.75 Å². The molecular weight excluding hydrogens is 355 g/mol. The third-order valence-corrected chi connectivity index (χ3v) is 6.15. The van der Waals surface area contributed by atoms with E-state index in [0.29, 0.717) is 12.2 Å². The SMILES string of the molecule is CCCN1Cc2cccc(NS(=O)(=O)c3ccc(OC)c(F)c3C)c2C1. The molecule has 0 saturated carbocycles. The van der Waals surface area contributed by atoms with E-state index in [-0.39, 0.29) is 16.2 Å². The quantitative estimate of drug-likeness (QED) is 0.833. The Morgan fingerprint density at radius 2 is 2.00 bits per heavy atom. The minimum atomic E-state index is -3.91. The average molecular weight is 378 g/mol. The molecule has 0 aliphatic carbocycles. The van der Waals surface area contributed by atoms with Crippen LogP contribution in [-0.4, -0.2) is 27.0 Å². The van der Waals surface area contributed by atoms with E-state index < -0.39 is 15.8 Å². The average Bonchev–Trinajstić information content (AvgIpc) is 3.01. The lowest BCUT2D eigenvalue weighted by molar-refractivity contribution is 0.285. The fourth-order valence-electron chi connectivity index (χ4n) is 3.35. The standard InChI is InChI=1S/C19H23FN2O3S/c1-4-10-22-11-14-6-5-7-16(15(14)12-22)21-26(23,24)18-9-8-17(25-3)19(20)13(18)2/h5-9,21H,4,10-12H2,1-3H3. The van der Waals surface area contributed by atoms with Gasteiger partial charge in [0.05, 0.1) is 17.7 Å². The number of rotatable bonds is 6. The molecule has 3 rings (SSSR count). The number of fused-ring (bicyclic) bond motifs is 1. The third-order valence-electron chi connectivity index (χ3n) is 4.64. The van der Waals surface area contributed by atoms with Crippen LogP contribution < -0.4 is 9.46 Å². The lowest BCUT2D eigenvalue weighted by Crippen LogP contribution is -2.18. The number of halogens is 1. The molecule has 0 saturated heterocycles. The van der Waals surface area contributed by atoms with Crippen LogP contribution in [0.3, 0.4) is 0 Å². The first-order chi connectivity index (χ1) is 12.4. The van der Waals surface area contributed by atoms with Gasteiger partial charge in [-0.1, -0.05) is 19.1 Å².